The molecule has 0 saturated heterocycles. The van der Waals surface area contributed by atoms with Crippen LogP contribution in [0.4, 0.5) is 10.8 Å². The molecule has 3 aromatic heterocycles. The number of nitrogens with one attached hydrogen (secondary N) is 3. The number of hydrogen-bond donors (Lipinski definition) is 3. The highest BCUT2D eigenvalue weighted by Crippen LogP contribution is 2.27. The standard InChI is InChI=1S/C30H37N7O3S/c1-19(2)11-12-25-26(29(40)31-13-8-14-36(3)4)34-30(41-25)35-28(39)24-16-22(18-37(24)5)33-27(38)23-15-20-9-6-7-10-21(20)17-32-23/h6-7,9-10,15-19H,8,11-14H2,1-5H3,(H,31,40)(H,33,38)(H,34,35,39). The summed E-state index contributed by atoms with van der Waals surface area (Å²) in [6.45, 7) is 5.68. The molecule has 0 aliphatic rings. The summed E-state index contributed by atoms with van der Waals surface area (Å²) in [5.74, 6) is -0.526. The minimum absolute atomic E-state index is 0.231. The van der Waals surface area contributed by atoms with E-state index in [0.717, 1.165) is 35.0 Å². The first kappa shape index (κ1) is 29.9. The Labute approximate surface area is 244 Å². The van der Waals surface area contributed by atoms with Gasteiger partial charge in [-0.05, 0) is 63.3 Å². The van der Waals surface area contributed by atoms with Crippen LogP contribution in [0.15, 0.2) is 48.8 Å². The van der Waals surface area contributed by atoms with Crippen LogP contribution in [0.2, 0.25) is 0 Å². The number of fused-ring (bicyclic) bond motifs is 1. The highest BCUT2D eigenvalue weighted by molar-refractivity contribution is 7.16. The van der Waals surface area contributed by atoms with Crippen LogP contribution in [-0.2, 0) is 13.5 Å². The van der Waals surface area contributed by atoms with Crippen LogP contribution in [0.1, 0.15) is 63.0 Å². The summed E-state index contributed by atoms with van der Waals surface area (Å²) in [6.07, 6.45) is 5.77. The third-order valence-corrected chi connectivity index (χ3v) is 7.54. The molecule has 0 unspecified atom stereocenters. The van der Waals surface area contributed by atoms with Crippen LogP contribution in [0.25, 0.3) is 10.8 Å². The number of nitrogens with zero attached hydrogens (tertiary/aromatic N) is 4. The molecule has 216 valence electrons. The number of carbonyl (C=O) groups is 3. The molecule has 4 rings (SSSR count). The molecule has 10 nitrogen and oxygen atoms in total. The summed E-state index contributed by atoms with van der Waals surface area (Å²) in [6, 6.07) is 11.0. The maximum atomic E-state index is 13.2. The van der Waals surface area contributed by atoms with Gasteiger partial charge in [-0.3, -0.25) is 24.7 Å². The second kappa shape index (κ2) is 13.5. The molecule has 0 aliphatic heterocycles. The van der Waals surface area contributed by atoms with Crippen LogP contribution in [0.5, 0.6) is 0 Å². The second-order valence-electron chi connectivity index (χ2n) is 10.7. The molecule has 1 aromatic carbocycles. The first-order valence-corrected chi connectivity index (χ1v) is 14.5. The van der Waals surface area contributed by atoms with Gasteiger partial charge >= 0.3 is 0 Å². The van der Waals surface area contributed by atoms with Gasteiger partial charge in [-0.15, -0.1) is 11.3 Å². The van der Waals surface area contributed by atoms with Crippen molar-refractivity contribution in [2.24, 2.45) is 13.0 Å². The lowest BCUT2D eigenvalue weighted by atomic mass is 10.1. The predicted molar refractivity (Wildman–Crippen MR) is 164 cm³/mol. The fraction of sp³-hybridized carbons (Fsp3) is 0.367. The molecule has 11 heteroatoms. The average molecular weight is 576 g/mol. The molecule has 4 aromatic rings. The van der Waals surface area contributed by atoms with Gasteiger partial charge in [0, 0.05) is 36.2 Å². The fourth-order valence-electron chi connectivity index (χ4n) is 4.28. The van der Waals surface area contributed by atoms with E-state index in [9.17, 15) is 14.4 Å². The Morgan fingerprint density at radius 2 is 1.78 bits per heavy atom. The van der Waals surface area contributed by atoms with Crippen LogP contribution < -0.4 is 16.0 Å². The molecule has 3 amide bonds. The van der Waals surface area contributed by atoms with Crippen molar-refractivity contribution in [2.75, 3.05) is 37.8 Å². The first-order chi connectivity index (χ1) is 19.6. The van der Waals surface area contributed by atoms with Crippen molar-refractivity contribution in [1.82, 2.24) is 24.8 Å². The molecule has 0 aliphatic carbocycles. The van der Waals surface area contributed by atoms with Gasteiger partial charge in [-0.25, -0.2) is 4.98 Å². The van der Waals surface area contributed by atoms with Crippen molar-refractivity contribution >= 4 is 50.6 Å². The van der Waals surface area contributed by atoms with E-state index in [-0.39, 0.29) is 23.4 Å². The lowest BCUT2D eigenvalue weighted by Gasteiger charge is -2.10. The Balaban J connectivity index is 1.44. The van der Waals surface area contributed by atoms with E-state index in [1.807, 2.05) is 38.4 Å². The topological polar surface area (TPSA) is 121 Å². The van der Waals surface area contributed by atoms with Gasteiger partial charge in [0.15, 0.2) is 5.13 Å². The molecule has 0 saturated carbocycles. The second-order valence-corrected chi connectivity index (χ2v) is 11.8. The lowest BCUT2D eigenvalue weighted by Crippen LogP contribution is -2.28. The number of rotatable bonds is 12. The highest BCUT2D eigenvalue weighted by atomic mass is 32.1. The number of aromatic nitrogens is 3. The van der Waals surface area contributed by atoms with Gasteiger partial charge < -0.3 is 20.1 Å². The monoisotopic (exact) mass is 575 g/mol. The quantitative estimate of drug-likeness (QED) is 0.209. The van der Waals surface area contributed by atoms with E-state index in [1.54, 1.807) is 36.1 Å². The maximum Gasteiger partial charge on any atom is 0.274 e. The van der Waals surface area contributed by atoms with Gasteiger partial charge in [0.25, 0.3) is 17.7 Å². The molecule has 0 radical (unpaired) electrons. The Bertz CT molecular complexity index is 1540. The Morgan fingerprint density at radius 1 is 1.02 bits per heavy atom. The summed E-state index contributed by atoms with van der Waals surface area (Å²) in [5, 5.41) is 10.8. The van der Waals surface area contributed by atoms with E-state index in [1.165, 1.54) is 11.3 Å². The number of hydrogen-bond acceptors (Lipinski definition) is 7. The van der Waals surface area contributed by atoms with Crippen molar-refractivity contribution in [3.05, 3.63) is 70.8 Å². The van der Waals surface area contributed by atoms with Gasteiger partial charge in [-0.1, -0.05) is 38.1 Å². The molecule has 0 fully saturated rings. The number of pyridine rings is 1. The molecule has 0 atom stereocenters. The van der Waals surface area contributed by atoms with Crippen molar-refractivity contribution in [1.29, 1.82) is 0 Å². The van der Waals surface area contributed by atoms with E-state index < -0.39 is 0 Å². The third-order valence-electron chi connectivity index (χ3n) is 6.51. The fourth-order valence-corrected chi connectivity index (χ4v) is 5.24. The molecule has 0 bridgehead atoms. The van der Waals surface area contributed by atoms with E-state index >= 15 is 0 Å². The van der Waals surface area contributed by atoms with Gasteiger partial charge in [0.1, 0.15) is 17.1 Å². The smallest absolute Gasteiger partial charge is 0.274 e. The van der Waals surface area contributed by atoms with Crippen molar-refractivity contribution < 1.29 is 14.4 Å². The Kier molecular flexibility index (Phi) is 9.85. The summed E-state index contributed by atoms with van der Waals surface area (Å²) in [7, 11) is 5.71. The number of amides is 3. The van der Waals surface area contributed by atoms with Crippen LogP contribution in [0, 0.1) is 5.92 Å². The molecule has 0 spiro atoms. The van der Waals surface area contributed by atoms with Gasteiger partial charge in [0.05, 0.1) is 5.69 Å². The highest BCUT2D eigenvalue weighted by Gasteiger charge is 2.21. The Morgan fingerprint density at radius 3 is 2.51 bits per heavy atom. The van der Waals surface area contributed by atoms with Gasteiger partial charge in [-0.2, -0.15) is 0 Å². The Hall–Kier alpha value is -4.09. The molecular weight excluding hydrogens is 538 g/mol. The number of aryl methyl sites for hydroxylation is 2. The minimum Gasteiger partial charge on any atom is -0.351 e. The van der Waals surface area contributed by atoms with E-state index in [0.29, 0.717) is 41.1 Å². The number of anilines is 2. The van der Waals surface area contributed by atoms with Crippen LogP contribution in [0.3, 0.4) is 0 Å². The normalized spacial score (nSPS) is 11.3. The molecular formula is C30H37N7O3S. The number of carbonyl (C=O) groups excluding carboxylic acids is 3. The molecule has 3 heterocycles. The van der Waals surface area contributed by atoms with Crippen LogP contribution in [-0.4, -0.2) is 64.3 Å². The van der Waals surface area contributed by atoms with Crippen molar-refractivity contribution in [3.8, 4) is 0 Å². The SMILES string of the molecule is CC(C)CCc1sc(NC(=O)c2cc(NC(=O)c3cc4ccccc4cn3)cn2C)nc1C(=O)NCCCN(C)C. The number of benzene rings is 1. The lowest BCUT2D eigenvalue weighted by molar-refractivity contribution is 0.0944. The van der Waals surface area contributed by atoms with E-state index in [4.69, 9.17) is 0 Å². The minimum atomic E-state index is -0.390. The summed E-state index contributed by atoms with van der Waals surface area (Å²) in [4.78, 5) is 50.6. The average Bonchev–Trinajstić information content (AvgIpc) is 3.51. The summed E-state index contributed by atoms with van der Waals surface area (Å²) in [5.41, 5.74) is 1.44. The summed E-state index contributed by atoms with van der Waals surface area (Å²) >= 11 is 1.32. The number of thiazole rings is 1. The maximum absolute atomic E-state index is 13.2. The molecule has 41 heavy (non-hydrogen) atoms. The zero-order valence-corrected chi connectivity index (χ0v) is 25.0. The zero-order chi connectivity index (χ0) is 29.5. The van der Waals surface area contributed by atoms with Gasteiger partial charge in [0.2, 0.25) is 0 Å². The van der Waals surface area contributed by atoms with Crippen molar-refractivity contribution in [2.45, 2.75) is 33.1 Å². The molecule has 3 N–H and O–H groups in total. The predicted octanol–water partition coefficient (Wildman–Crippen LogP) is 4.80. The van der Waals surface area contributed by atoms with Crippen LogP contribution >= 0.6 is 11.3 Å². The summed E-state index contributed by atoms with van der Waals surface area (Å²) < 4.78 is 1.63. The van der Waals surface area contributed by atoms with Crippen molar-refractivity contribution in [3.63, 3.8) is 0 Å². The largest absolute Gasteiger partial charge is 0.351 e. The first-order valence-electron chi connectivity index (χ1n) is 13.7. The zero-order valence-electron chi connectivity index (χ0n) is 24.2. The third kappa shape index (κ3) is 7.99. The van der Waals surface area contributed by atoms with E-state index in [2.05, 4.69) is 44.7 Å².